The molecule has 29 heavy (non-hydrogen) atoms. The minimum Gasteiger partial charge on any atom is -0.504 e. The van der Waals surface area contributed by atoms with E-state index in [1.54, 1.807) is 12.1 Å². The average molecular weight is 412 g/mol. The van der Waals surface area contributed by atoms with E-state index < -0.39 is 0 Å². The van der Waals surface area contributed by atoms with Gasteiger partial charge in [-0.1, -0.05) is 29.8 Å². The highest BCUT2D eigenvalue weighted by Gasteiger charge is 2.65. The van der Waals surface area contributed by atoms with Gasteiger partial charge in [0.2, 0.25) is 5.91 Å². The van der Waals surface area contributed by atoms with Crippen molar-refractivity contribution in [1.29, 1.82) is 0 Å². The Hall–Kier alpha value is -2.20. The lowest BCUT2D eigenvalue weighted by atomic mass is 9.58. The molecule has 0 heterocycles. The second kappa shape index (κ2) is 6.66. The van der Waals surface area contributed by atoms with E-state index in [9.17, 15) is 15.0 Å². The van der Waals surface area contributed by atoms with Crippen molar-refractivity contribution in [3.05, 3.63) is 58.6 Å². The van der Waals surface area contributed by atoms with Crippen LogP contribution < -0.4 is 5.32 Å². The first-order valence-corrected chi connectivity index (χ1v) is 10.8. The monoisotopic (exact) mass is 411 g/mol. The molecule has 6 rings (SSSR count). The summed E-state index contributed by atoms with van der Waals surface area (Å²) >= 11 is 6.10. The Balaban J connectivity index is 1.29. The van der Waals surface area contributed by atoms with Crippen LogP contribution in [0, 0.1) is 17.3 Å². The molecule has 4 fully saturated rings. The number of carbonyl (C=O) groups is 1. The lowest BCUT2D eigenvalue weighted by Gasteiger charge is -2.45. The maximum absolute atomic E-state index is 13.3. The van der Waals surface area contributed by atoms with E-state index in [2.05, 4.69) is 17.4 Å². The van der Waals surface area contributed by atoms with Gasteiger partial charge in [-0.15, -0.1) is 0 Å². The van der Waals surface area contributed by atoms with Gasteiger partial charge in [0.05, 0.1) is 5.41 Å². The minimum atomic E-state index is -0.247. The molecule has 2 aromatic carbocycles. The molecule has 4 saturated carbocycles. The van der Waals surface area contributed by atoms with Crippen LogP contribution >= 0.6 is 11.6 Å². The maximum atomic E-state index is 13.3. The predicted octanol–water partition coefficient (Wildman–Crippen LogP) is 4.56. The van der Waals surface area contributed by atoms with E-state index in [4.69, 9.17) is 11.6 Å². The van der Waals surface area contributed by atoms with Gasteiger partial charge >= 0.3 is 0 Å². The number of aromatic hydroxyl groups is 2. The van der Waals surface area contributed by atoms with Crippen LogP contribution in [0.5, 0.6) is 11.5 Å². The van der Waals surface area contributed by atoms with Gasteiger partial charge in [-0.25, -0.2) is 0 Å². The van der Waals surface area contributed by atoms with Gasteiger partial charge < -0.3 is 15.5 Å². The molecule has 1 amide bonds. The lowest BCUT2D eigenvalue weighted by molar-refractivity contribution is -0.134. The van der Waals surface area contributed by atoms with Gasteiger partial charge in [0.25, 0.3) is 0 Å². The van der Waals surface area contributed by atoms with Crippen molar-refractivity contribution in [1.82, 2.24) is 5.32 Å². The number of rotatable bonds is 5. The zero-order valence-corrected chi connectivity index (χ0v) is 17.1. The van der Waals surface area contributed by atoms with E-state index in [-0.39, 0.29) is 28.2 Å². The summed E-state index contributed by atoms with van der Waals surface area (Å²) in [4.78, 5) is 13.3. The maximum Gasteiger partial charge on any atom is 0.226 e. The van der Waals surface area contributed by atoms with Crippen molar-refractivity contribution in [3.8, 4) is 11.5 Å². The molecule has 5 heteroatoms. The highest BCUT2D eigenvalue weighted by Crippen LogP contribution is 2.69. The van der Waals surface area contributed by atoms with E-state index >= 15 is 0 Å². The highest BCUT2D eigenvalue weighted by molar-refractivity contribution is 6.30. The number of benzene rings is 2. The predicted molar refractivity (Wildman–Crippen MR) is 112 cm³/mol. The average Bonchev–Trinajstić information content (AvgIpc) is 3.10. The van der Waals surface area contributed by atoms with Gasteiger partial charge in [0.15, 0.2) is 11.5 Å². The molecule has 4 aliphatic rings. The minimum absolute atomic E-state index is 0.122. The molecular formula is C24H26ClNO3. The molecular weight excluding hydrogens is 386 g/mol. The summed E-state index contributed by atoms with van der Waals surface area (Å²) in [6.07, 6.45) is 5.98. The third-order valence-electron chi connectivity index (χ3n) is 7.63. The number of amides is 1. The first kappa shape index (κ1) is 18.8. The number of phenolic OH excluding ortho intramolecular Hbond substituents is 2. The highest BCUT2D eigenvalue weighted by atomic mass is 35.5. The number of hydrogen-bond acceptors (Lipinski definition) is 3. The van der Waals surface area contributed by atoms with Gasteiger partial charge in [0, 0.05) is 11.6 Å². The van der Waals surface area contributed by atoms with E-state index in [1.165, 1.54) is 24.5 Å². The molecule has 4 aliphatic carbocycles. The van der Waals surface area contributed by atoms with Crippen LogP contribution in [0.3, 0.4) is 0 Å². The Bertz CT molecular complexity index is 941. The van der Waals surface area contributed by atoms with Crippen LogP contribution in [0.1, 0.15) is 43.2 Å². The van der Waals surface area contributed by atoms with Crippen LogP contribution in [-0.4, -0.2) is 22.7 Å². The van der Waals surface area contributed by atoms with E-state index in [0.29, 0.717) is 24.8 Å². The Labute approximate surface area is 175 Å². The van der Waals surface area contributed by atoms with Crippen LogP contribution in [0.15, 0.2) is 42.5 Å². The number of phenols is 2. The van der Waals surface area contributed by atoms with Crippen molar-refractivity contribution < 1.29 is 15.0 Å². The lowest BCUT2D eigenvalue weighted by Crippen LogP contribution is -2.48. The van der Waals surface area contributed by atoms with Crippen LogP contribution in [-0.2, 0) is 16.6 Å². The van der Waals surface area contributed by atoms with Crippen LogP contribution in [0.2, 0.25) is 5.02 Å². The molecule has 152 valence electrons. The smallest absolute Gasteiger partial charge is 0.226 e. The Morgan fingerprint density at radius 2 is 1.69 bits per heavy atom. The number of halogens is 1. The fourth-order valence-corrected chi connectivity index (χ4v) is 6.69. The number of carbonyl (C=O) groups excluding carboxylic acids is 1. The third kappa shape index (κ3) is 3.09. The second-order valence-electron chi connectivity index (χ2n) is 9.41. The van der Waals surface area contributed by atoms with Crippen molar-refractivity contribution in [2.24, 2.45) is 17.3 Å². The fraction of sp³-hybridized carbons (Fsp3) is 0.458. The van der Waals surface area contributed by atoms with Crippen LogP contribution in [0.25, 0.3) is 0 Å². The number of hydrogen-bond donors (Lipinski definition) is 3. The SMILES string of the molecule is O=C(NCCc1ccc(O)c(O)c1)C12CC3CC(c4ccc(Cl)cc4)(CC3C1)C2. The molecule has 3 N–H and O–H groups in total. The summed E-state index contributed by atoms with van der Waals surface area (Å²) < 4.78 is 0. The fourth-order valence-electron chi connectivity index (χ4n) is 6.56. The summed E-state index contributed by atoms with van der Waals surface area (Å²) in [5.41, 5.74) is 2.11. The first-order valence-electron chi connectivity index (χ1n) is 10.4. The standard InChI is InChI=1S/C24H26ClNO3/c25-19-4-2-18(3-5-19)23-10-16-12-24(14-23,13-17(16)11-23)22(29)26-8-7-15-1-6-20(27)21(28)9-15/h1-6,9,16-17,27-28H,7-8,10-14H2,(H,26,29). The molecule has 0 spiro atoms. The third-order valence-corrected chi connectivity index (χ3v) is 7.88. The summed E-state index contributed by atoms with van der Waals surface area (Å²) in [5, 5.41) is 23.0. The van der Waals surface area contributed by atoms with Crippen LogP contribution in [0.4, 0.5) is 0 Å². The Morgan fingerprint density at radius 3 is 2.34 bits per heavy atom. The topological polar surface area (TPSA) is 69.6 Å². The van der Waals surface area contributed by atoms with E-state index in [0.717, 1.165) is 29.8 Å². The summed E-state index contributed by atoms with van der Waals surface area (Å²) in [6, 6.07) is 13.1. The van der Waals surface area contributed by atoms with E-state index in [1.807, 2.05) is 12.1 Å². The van der Waals surface area contributed by atoms with Crippen molar-refractivity contribution in [3.63, 3.8) is 0 Å². The largest absolute Gasteiger partial charge is 0.504 e. The van der Waals surface area contributed by atoms with Gasteiger partial charge in [-0.3, -0.25) is 4.79 Å². The Kier molecular flexibility index (Phi) is 4.32. The molecule has 0 saturated heterocycles. The van der Waals surface area contributed by atoms with Gasteiger partial charge in [0.1, 0.15) is 0 Å². The Morgan fingerprint density at radius 1 is 1.00 bits per heavy atom. The van der Waals surface area contributed by atoms with Crippen molar-refractivity contribution in [2.75, 3.05) is 6.54 Å². The summed E-state index contributed by atoms with van der Waals surface area (Å²) in [7, 11) is 0. The molecule has 4 bridgehead atoms. The van der Waals surface area contributed by atoms with Gasteiger partial charge in [-0.05, 0) is 91.2 Å². The molecule has 2 atom stereocenters. The molecule has 2 unspecified atom stereocenters. The van der Waals surface area contributed by atoms with Gasteiger partial charge in [-0.2, -0.15) is 0 Å². The zero-order valence-electron chi connectivity index (χ0n) is 16.3. The summed E-state index contributed by atoms with van der Waals surface area (Å²) in [6.45, 7) is 0.536. The second-order valence-corrected chi connectivity index (χ2v) is 9.85. The zero-order chi connectivity index (χ0) is 20.2. The van der Waals surface area contributed by atoms with Crippen molar-refractivity contribution in [2.45, 2.75) is 43.9 Å². The molecule has 2 aromatic rings. The molecule has 0 aromatic heterocycles. The number of nitrogens with one attached hydrogen (secondary N) is 1. The van der Waals surface area contributed by atoms with Crippen molar-refractivity contribution >= 4 is 17.5 Å². The first-order chi connectivity index (χ1) is 13.9. The normalized spacial score (nSPS) is 31.9. The molecule has 4 nitrogen and oxygen atoms in total. The quantitative estimate of drug-likeness (QED) is 0.632. The molecule has 0 radical (unpaired) electrons. The molecule has 0 aliphatic heterocycles. The summed E-state index contributed by atoms with van der Waals surface area (Å²) in [5.74, 6) is 1.25.